The second-order valence-corrected chi connectivity index (χ2v) is 6.79. The Kier molecular flexibility index (Phi) is 4.94. The zero-order valence-corrected chi connectivity index (χ0v) is 14.4. The molecule has 7 heteroatoms. The SMILES string of the molecule is CC(C)(O)Cn1nc(-c2cccc(F)c2)nc1CCCc1cn[nH]c1. The van der Waals surface area contributed by atoms with Crippen molar-refractivity contribution < 1.29 is 9.50 Å². The maximum absolute atomic E-state index is 13.5. The van der Waals surface area contributed by atoms with Crippen LogP contribution in [0.5, 0.6) is 0 Å². The van der Waals surface area contributed by atoms with Gasteiger partial charge in [0, 0.05) is 18.2 Å². The lowest BCUT2D eigenvalue weighted by atomic mass is 10.1. The van der Waals surface area contributed by atoms with E-state index in [9.17, 15) is 9.50 Å². The molecule has 0 aliphatic rings. The molecule has 1 aromatic carbocycles. The minimum atomic E-state index is -0.911. The van der Waals surface area contributed by atoms with Gasteiger partial charge in [-0.2, -0.15) is 10.2 Å². The molecule has 0 aliphatic heterocycles. The summed E-state index contributed by atoms with van der Waals surface area (Å²) in [5.41, 5.74) is 0.858. The van der Waals surface area contributed by atoms with E-state index in [2.05, 4.69) is 20.3 Å². The molecule has 6 nitrogen and oxygen atoms in total. The Bertz CT molecular complexity index is 820. The van der Waals surface area contributed by atoms with E-state index in [1.165, 1.54) is 12.1 Å². The molecule has 25 heavy (non-hydrogen) atoms. The Morgan fingerprint density at radius 3 is 2.80 bits per heavy atom. The number of aromatic amines is 1. The van der Waals surface area contributed by atoms with Crippen molar-refractivity contribution in [2.24, 2.45) is 0 Å². The molecule has 3 aromatic rings. The van der Waals surface area contributed by atoms with Gasteiger partial charge in [0.2, 0.25) is 0 Å². The third-order valence-electron chi connectivity index (χ3n) is 3.79. The predicted molar refractivity (Wildman–Crippen MR) is 92.3 cm³/mol. The van der Waals surface area contributed by atoms with Crippen LogP contribution in [0.15, 0.2) is 36.7 Å². The van der Waals surface area contributed by atoms with Gasteiger partial charge < -0.3 is 5.11 Å². The van der Waals surface area contributed by atoms with Gasteiger partial charge >= 0.3 is 0 Å². The maximum atomic E-state index is 13.5. The lowest BCUT2D eigenvalue weighted by Gasteiger charge is -2.17. The summed E-state index contributed by atoms with van der Waals surface area (Å²) in [5.74, 6) is 0.935. The molecule has 0 unspecified atom stereocenters. The largest absolute Gasteiger partial charge is 0.389 e. The lowest BCUT2D eigenvalue weighted by Crippen LogP contribution is -2.28. The summed E-state index contributed by atoms with van der Waals surface area (Å²) < 4.78 is 15.2. The third-order valence-corrected chi connectivity index (χ3v) is 3.79. The Hall–Kier alpha value is -2.54. The standard InChI is InChI=1S/C18H22FN5O/c1-18(2,25)12-24-16(8-3-5-13-10-20-21-11-13)22-17(23-24)14-6-4-7-15(19)9-14/h4,6-7,9-11,25H,3,5,8,12H2,1-2H3,(H,20,21). The Balaban J connectivity index is 1.81. The van der Waals surface area contributed by atoms with Crippen LogP contribution in [-0.4, -0.2) is 35.7 Å². The highest BCUT2D eigenvalue weighted by atomic mass is 19.1. The van der Waals surface area contributed by atoms with Gasteiger partial charge in [-0.15, -0.1) is 0 Å². The predicted octanol–water partition coefficient (Wildman–Crippen LogP) is 2.75. The van der Waals surface area contributed by atoms with E-state index >= 15 is 0 Å². The lowest BCUT2D eigenvalue weighted by molar-refractivity contribution is 0.0566. The van der Waals surface area contributed by atoms with Crippen molar-refractivity contribution in [3.63, 3.8) is 0 Å². The summed E-state index contributed by atoms with van der Waals surface area (Å²) >= 11 is 0. The van der Waals surface area contributed by atoms with E-state index in [0.29, 0.717) is 24.4 Å². The molecule has 0 spiro atoms. The van der Waals surface area contributed by atoms with Crippen LogP contribution in [0.1, 0.15) is 31.7 Å². The fraction of sp³-hybridized carbons (Fsp3) is 0.389. The molecular formula is C18H22FN5O. The summed E-state index contributed by atoms with van der Waals surface area (Å²) in [6.07, 6.45) is 6.15. The zero-order chi connectivity index (χ0) is 17.9. The molecule has 0 radical (unpaired) electrons. The van der Waals surface area contributed by atoms with E-state index in [1.807, 2.05) is 6.20 Å². The molecular weight excluding hydrogens is 321 g/mol. The summed E-state index contributed by atoms with van der Waals surface area (Å²) in [7, 11) is 0. The minimum Gasteiger partial charge on any atom is -0.389 e. The summed E-state index contributed by atoms with van der Waals surface area (Å²) in [4.78, 5) is 4.58. The van der Waals surface area contributed by atoms with Gasteiger partial charge in [0.1, 0.15) is 11.6 Å². The van der Waals surface area contributed by atoms with Crippen LogP contribution < -0.4 is 0 Å². The molecule has 0 atom stereocenters. The zero-order valence-electron chi connectivity index (χ0n) is 14.4. The molecule has 3 rings (SSSR count). The smallest absolute Gasteiger partial charge is 0.181 e. The number of benzene rings is 1. The van der Waals surface area contributed by atoms with E-state index in [1.54, 1.807) is 36.9 Å². The van der Waals surface area contributed by atoms with Crippen LogP contribution in [0.3, 0.4) is 0 Å². The monoisotopic (exact) mass is 343 g/mol. The molecule has 0 saturated carbocycles. The van der Waals surface area contributed by atoms with Crippen molar-refractivity contribution in [3.05, 3.63) is 53.9 Å². The molecule has 2 aromatic heterocycles. The van der Waals surface area contributed by atoms with Gasteiger partial charge in [-0.05, 0) is 44.4 Å². The van der Waals surface area contributed by atoms with Gasteiger partial charge in [0.25, 0.3) is 0 Å². The van der Waals surface area contributed by atoms with Crippen molar-refractivity contribution in [3.8, 4) is 11.4 Å². The normalized spacial score (nSPS) is 11.8. The van der Waals surface area contributed by atoms with E-state index in [0.717, 1.165) is 24.2 Å². The number of H-pyrrole nitrogens is 1. The molecule has 0 bridgehead atoms. The van der Waals surface area contributed by atoms with Crippen molar-refractivity contribution in [1.29, 1.82) is 0 Å². The molecule has 0 saturated heterocycles. The fourth-order valence-corrected chi connectivity index (χ4v) is 2.67. The van der Waals surface area contributed by atoms with Crippen LogP contribution in [-0.2, 0) is 19.4 Å². The van der Waals surface area contributed by atoms with Gasteiger partial charge in [-0.25, -0.2) is 14.1 Å². The van der Waals surface area contributed by atoms with Crippen molar-refractivity contribution >= 4 is 0 Å². The minimum absolute atomic E-state index is 0.321. The summed E-state index contributed by atoms with van der Waals surface area (Å²) in [6.45, 7) is 3.79. The Morgan fingerprint density at radius 1 is 1.28 bits per heavy atom. The van der Waals surface area contributed by atoms with Gasteiger partial charge in [0.05, 0.1) is 18.3 Å². The van der Waals surface area contributed by atoms with E-state index in [-0.39, 0.29) is 5.82 Å². The number of rotatable bonds is 7. The number of aryl methyl sites for hydroxylation is 2. The number of nitrogens with one attached hydrogen (secondary N) is 1. The average Bonchev–Trinajstić information content (AvgIpc) is 3.16. The number of hydrogen-bond acceptors (Lipinski definition) is 4. The second-order valence-electron chi connectivity index (χ2n) is 6.79. The van der Waals surface area contributed by atoms with Crippen LogP contribution in [0.25, 0.3) is 11.4 Å². The van der Waals surface area contributed by atoms with Crippen molar-refractivity contribution in [2.45, 2.75) is 45.3 Å². The molecule has 0 aliphatic carbocycles. The first-order chi connectivity index (χ1) is 11.9. The van der Waals surface area contributed by atoms with Gasteiger partial charge in [0.15, 0.2) is 5.82 Å². The van der Waals surface area contributed by atoms with Crippen LogP contribution in [0.4, 0.5) is 4.39 Å². The Labute approximate surface area is 145 Å². The Morgan fingerprint density at radius 2 is 2.12 bits per heavy atom. The number of nitrogens with zero attached hydrogens (tertiary/aromatic N) is 4. The van der Waals surface area contributed by atoms with Crippen LogP contribution in [0, 0.1) is 5.82 Å². The van der Waals surface area contributed by atoms with E-state index < -0.39 is 5.60 Å². The van der Waals surface area contributed by atoms with Crippen LogP contribution >= 0.6 is 0 Å². The first-order valence-electron chi connectivity index (χ1n) is 8.30. The number of aromatic nitrogens is 5. The fourth-order valence-electron chi connectivity index (χ4n) is 2.67. The number of hydrogen-bond donors (Lipinski definition) is 2. The second kappa shape index (κ2) is 7.14. The van der Waals surface area contributed by atoms with Crippen LogP contribution in [0.2, 0.25) is 0 Å². The first kappa shape index (κ1) is 17.3. The highest BCUT2D eigenvalue weighted by Gasteiger charge is 2.19. The topological polar surface area (TPSA) is 79.6 Å². The van der Waals surface area contributed by atoms with Gasteiger partial charge in [-0.1, -0.05) is 12.1 Å². The van der Waals surface area contributed by atoms with Crippen molar-refractivity contribution in [1.82, 2.24) is 25.0 Å². The molecule has 2 N–H and O–H groups in total. The highest BCUT2D eigenvalue weighted by Crippen LogP contribution is 2.19. The molecule has 2 heterocycles. The summed E-state index contributed by atoms with van der Waals surface area (Å²) in [5, 5.41) is 21.4. The first-order valence-corrected chi connectivity index (χ1v) is 8.30. The number of halogens is 1. The summed E-state index contributed by atoms with van der Waals surface area (Å²) in [6, 6.07) is 6.23. The van der Waals surface area contributed by atoms with Gasteiger partial charge in [-0.3, -0.25) is 5.10 Å². The molecule has 0 amide bonds. The molecule has 0 fully saturated rings. The highest BCUT2D eigenvalue weighted by molar-refractivity contribution is 5.54. The van der Waals surface area contributed by atoms with Crippen molar-refractivity contribution in [2.75, 3.05) is 0 Å². The van der Waals surface area contributed by atoms with E-state index in [4.69, 9.17) is 0 Å². The average molecular weight is 343 g/mol. The number of aliphatic hydroxyl groups is 1. The quantitative estimate of drug-likeness (QED) is 0.691. The third kappa shape index (κ3) is 4.73. The molecule has 132 valence electrons. The maximum Gasteiger partial charge on any atom is 0.181 e.